The van der Waals surface area contributed by atoms with Crippen LogP contribution < -0.4 is 5.32 Å². The average Bonchev–Trinajstić information content (AvgIpc) is 2.43. The predicted octanol–water partition coefficient (Wildman–Crippen LogP) is 0.143. The van der Waals surface area contributed by atoms with E-state index < -0.39 is 0 Å². The van der Waals surface area contributed by atoms with Gasteiger partial charge in [-0.2, -0.15) is 0 Å². The standard InChI is InChI=1S/C12H23N3O3/c1-4-13-9-10(2)11(16)14-5-7-15(8-6-14)12(17)18-3/h10,13H,4-9H2,1-3H3. The molecule has 2 amide bonds. The van der Waals surface area contributed by atoms with Crippen LogP contribution in [0.2, 0.25) is 0 Å². The predicted molar refractivity (Wildman–Crippen MR) is 68.3 cm³/mol. The fraction of sp³-hybridized carbons (Fsp3) is 0.833. The lowest BCUT2D eigenvalue weighted by Crippen LogP contribution is -2.52. The lowest BCUT2D eigenvalue weighted by molar-refractivity contribution is -0.136. The van der Waals surface area contributed by atoms with Crippen molar-refractivity contribution >= 4 is 12.0 Å². The topological polar surface area (TPSA) is 61.9 Å². The third kappa shape index (κ3) is 3.87. The van der Waals surface area contributed by atoms with Gasteiger partial charge in [-0.15, -0.1) is 0 Å². The van der Waals surface area contributed by atoms with Crippen molar-refractivity contribution in [1.82, 2.24) is 15.1 Å². The van der Waals surface area contributed by atoms with Crippen LogP contribution >= 0.6 is 0 Å². The zero-order chi connectivity index (χ0) is 13.5. The van der Waals surface area contributed by atoms with Crippen molar-refractivity contribution in [2.45, 2.75) is 13.8 Å². The second-order valence-electron chi connectivity index (χ2n) is 4.49. The number of hydrogen-bond donors (Lipinski definition) is 1. The van der Waals surface area contributed by atoms with Gasteiger partial charge in [0.05, 0.1) is 7.11 Å². The maximum atomic E-state index is 12.1. The number of carbonyl (C=O) groups excluding carboxylic acids is 2. The minimum atomic E-state index is -0.317. The van der Waals surface area contributed by atoms with Crippen LogP contribution in [0, 0.1) is 5.92 Å². The number of amides is 2. The van der Waals surface area contributed by atoms with Crippen LogP contribution in [0.5, 0.6) is 0 Å². The van der Waals surface area contributed by atoms with Crippen molar-refractivity contribution in [1.29, 1.82) is 0 Å². The summed E-state index contributed by atoms with van der Waals surface area (Å²) in [6, 6.07) is 0. The third-order valence-electron chi connectivity index (χ3n) is 3.15. The normalized spacial score (nSPS) is 17.5. The molecule has 1 atom stereocenters. The third-order valence-corrected chi connectivity index (χ3v) is 3.15. The number of piperazine rings is 1. The molecule has 0 aromatic rings. The van der Waals surface area contributed by atoms with Crippen molar-refractivity contribution in [3.63, 3.8) is 0 Å². The van der Waals surface area contributed by atoms with Gasteiger partial charge in [0.1, 0.15) is 0 Å². The summed E-state index contributed by atoms with van der Waals surface area (Å²) in [7, 11) is 1.37. The van der Waals surface area contributed by atoms with Crippen LogP contribution in [0.15, 0.2) is 0 Å². The summed E-state index contributed by atoms with van der Waals surface area (Å²) in [5, 5.41) is 3.17. The largest absolute Gasteiger partial charge is 0.453 e. The fourth-order valence-electron chi connectivity index (χ4n) is 2.00. The Morgan fingerprint density at radius 1 is 1.22 bits per heavy atom. The highest BCUT2D eigenvalue weighted by Gasteiger charge is 2.26. The molecule has 0 radical (unpaired) electrons. The Hall–Kier alpha value is -1.30. The van der Waals surface area contributed by atoms with Gasteiger partial charge in [0.2, 0.25) is 5.91 Å². The van der Waals surface area contributed by atoms with E-state index in [0.717, 1.165) is 6.54 Å². The summed E-state index contributed by atoms with van der Waals surface area (Å²) in [6.45, 7) is 7.79. The average molecular weight is 257 g/mol. The van der Waals surface area contributed by atoms with E-state index in [-0.39, 0.29) is 17.9 Å². The molecule has 1 heterocycles. The van der Waals surface area contributed by atoms with Gasteiger partial charge < -0.3 is 19.9 Å². The molecule has 1 unspecified atom stereocenters. The summed E-state index contributed by atoms with van der Waals surface area (Å²) in [6.07, 6.45) is -0.317. The number of rotatable bonds is 4. The maximum Gasteiger partial charge on any atom is 0.409 e. The van der Waals surface area contributed by atoms with E-state index in [0.29, 0.717) is 32.7 Å². The fourth-order valence-corrected chi connectivity index (χ4v) is 2.00. The van der Waals surface area contributed by atoms with Crippen LogP contribution in [0.25, 0.3) is 0 Å². The Labute approximate surface area is 108 Å². The van der Waals surface area contributed by atoms with E-state index in [9.17, 15) is 9.59 Å². The van der Waals surface area contributed by atoms with Crippen molar-refractivity contribution in [3.05, 3.63) is 0 Å². The zero-order valence-electron chi connectivity index (χ0n) is 11.4. The first-order chi connectivity index (χ1) is 8.60. The van der Waals surface area contributed by atoms with Crippen molar-refractivity contribution in [2.24, 2.45) is 5.92 Å². The van der Waals surface area contributed by atoms with Crippen LogP contribution in [0.3, 0.4) is 0 Å². The maximum absolute atomic E-state index is 12.1. The Morgan fingerprint density at radius 3 is 2.28 bits per heavy atom. The molecule has 6 nitrogen and oxygen atoms in total. The highest BCUT2D eigenvalue weighted by Crippen LogP contribution is 2.08. The van der Waals surface area contributed by atoms with Gasteiger partial charge >= 0.3 is 6.09 Å². The second kappa shape index (κ2) is 7.20. The molecule has 104 valence electrons. The van der Waals surface area contributed by atoms with Crippen molar-refractivity contribution in [2.75, 3.05) is 46.4 Å². The molecule has 1 N–H and O–H groups in total. The molecule has 0 aliphatic carbocycles. The van der Waals surface area contributed by atoms with Crippen LogP contribution in [-0.2, 0) is 9.53 Å². The van der Waals surface area contributed by atoms with Crippen molar-refractivity contribution < 1.29 is 14.3 Å². The molecular formula is C12H23N3O3. The van der Waals surface area contributed by atoms with Gasteiger partial charge in [0.15, 0.2) is 0 Å². The van der Waals surface area contributed by atoms with Crippen LogP contribution in [0.4, 0.5) is 4.79 Å². The SMILES string of the molecule is CCNCC(C)C(=O)N1CCN(C(=O)OC)CC1. The number of methoxy groups -OCH3 is 1. The molecule has 0 spiro atoms. The van der Waals surface area contributed by atoms with E-state index in [1.165, 1.54) is 7.11 Å². The molecule has 0 saturated carbocycles. The highest BCUT2D eigenvalue weighted by molar-refractivity contribution is 5.79. The van der Waals surface area contributed by atoms with Gasteiger partial charge in [-0.05, 0) is 6.54 Å². The first-order valence-electron chi connectivity index (χ1n) is 6.42. The molecule has 1 aliphatic heterocycles. The monoisotopic (exact) mass is 257 g/mol. The molecule has 6 heteroatoms. The van der Waals surface area contributed by atoms with Gasteiger partial charge in [-0.25, -0.2) is 4.79 Å². The minimum Gasteiger partial charge on any atom is -0.453 e. The number of hydrogen-bond acceptors (Lipinski definition) is 4. The van der Waals surface area contributed by atoms with E-state index in [1.807, 2.05) is 18.7 Å². The van der Waals surface area contributed by atoms with E-state index in [2.05, 4.69) is 10.1 Å². The molecular weight excluding hydrogens is 234 g/mol. The van der Waals surface area contributed by atoms with Gasteiger partial charge in [0, 0.05) is 38.6 Å². The Morgan fingerprint density at radius 2 is 1.78 bits per heavy atom. The Balaban J connectivity index is 2.37. The molecule has 1 aliphatic rings. The molecule has 0 bridgehead atoms. The quantitative estimate of drug-likeness (QED) is 0.778. The summed E-state index contributed by atoms with van der Waals surface area (Å²) in [5.74, 6) is 0.134. The molecule has 1 saturated heterocycles. The molecule has 1 fully saturated rings. The lowest BCUT2D eigenvalue weighted by atomic mass is 10.1. The molecule has 0 aromatic carbocycles. The molecule has 18 heavy (non-hydrogen) atoms. The van der Waals surface area contributed by atoms with Gasteiger partial charge in [-0.3, -0.25) is 4.79 Å². The number of nitrogens with one attached hydrogen (secondary N) is 1. The van der Waals surface area contributed by atoms with E-state index in [1.54, 1.807) is 4.90 Å². The summed E-state index contributed by atoms with van der Waals surface area (Å²) >= 11 is 0. The van der Waals surface area contributed by atoms with Gasteiger partial charge in [0.25, 0.3) is 0 Å². The Kier molecular flexibility index (Phi) is 5.91. The zero-order valence-corrected chi connectivity index (χ0v) is 11.4. The smallest absolute Gasteiger partial charge is 0.409 e. The minimum absolute atomic E-state index is 0.0189. The van der Waals surface area contributed by atoms with Crippen LogP contribution in [0.1, 0.15) is 13.8 Å². The molecule has 1 rings (SSSR count). The van der Waals surface area contributed by atoms with Gasteiger partial charge in [-0.1, -0.05) is 13.8 Å². The number of nitrogens with zero attached hydrogens (tertiary/aromatic N) is 2. The first-order valence-corrected chi connectivity index (χ1v) is 6.42. The van der Waals surface area contributed by atoms with Crippen LogP contribution in [-0.4, -0.2) is 68.2 Å². The highest BCUT2D eigenvalue weighted by atomic mass is 16.5. The van der Waals surface area contributed by atoms with Crippen molar-refractivity contribution in [3.8, 4) is 0 Å². The lowest BCUT2D eigenvalue weighted by Gasteiger charge is -2.35. The first kappa shape index (κ1) is 14.8. The Bertz CT molecular complexity index is 288. The summed E-state index contributed by atoms with van der Waals surface area (Å²) in [4.78, 5) is 26.9. The summed E-state index contributed by atoms with van der Waals surface area (Å²) < 4.78 is 4.66. The van der Waals surface area contributed by atoms with E-state index >= 15 is 0 Å². The number of ether oxygens (including phenoxy) is 1. The molecule has 0 aromatic heterocycles. The summed E-state index contributed by atoms with van der Waals surface area (Å²) in [5.41, 5.74) is 0. The number of carbonyl (C=O) groups is 2. The van der Waals surface area contributed by atoms with E-state index in [4.69, 9.17) is 0 Å². The second-order valence-corrected chi connectivity index (χ2v) is 4.49.